The number of ether oxygens (including phenoxy) is 2. The van der Waals surface area contributed by atoms with E-state index < -0.39 is 5.97 Å². The second kappa shape index (κ2) is 10.5. The fourth-order valence-corrected chi connectivity index (χ4v) is 7.22. The van der Waals surface area contributed by atoms with Crippen LogP contribution >= 0.6 is 57.6 Å². The second-order valence-electron chi connectivity index (χ2n) is 6.46. The fraction of sp³-hybridized carbons (Fsp3) is 0.421. The molecule has 2 aromatic heterocycles. The summed E-state index contributed by atoms with van der Waals surface area (Å²) in [5, 5.41) is 19.3. The van der Waals surface area contributed by atoms with Crippen LogP contribution < -0.4 is 4.74 Å². The Bertz CT molecular complexity index is 893. The molecule has 5 nitrogen and oxygen atoms in total. The normalized spacial score (nSPS) is 18.8. The highest BCUT2D eigenvalue weighted by Gasteiger charge is 2.29. The molecule has 0 saturated heterocycles. The number of halogens is 2. The van der Waals surface area contributed by atoms with Crippen molar-refractivity contribution < 1.29 is 24.5 Å². The summed E-state index contributed by atoms with van der Waals surface area (Å²) in [7, 11) is 1.46. The van der Waals surface area contributed by atoms with E-state index in [1.54, 1.807) is 17.8 Å². The third kappa shape index (κ3) is 5.70. The van der Waals surface area contributed by atoms with Crippen molar-refractivity contribution in [3.8, 4) is 5.75 Å². The van der Waals surface area contributed by atoms with E-state index in [0.29, 0.717) is 23.3 Å². The van der Waals surface area contributed by atoms with Crippen molar-refractivity contribution in [2.24, 2.45) is 11.8 Å². The number of aliphatic hydroxyl groups is 1. The third-order valence-electron chi connectivity index (χ3n) is 4.59. The van der Waals surface area contributed by atoms with Crippen LogP contribution in [-0.2, 0) is 18.0 Å². The van der Waals surface area contributed by atoms with Crippen molar-refractivity contribution in [2.45, 2.75) is 23.8 Å². The monoisotopic (exact) mass is 494 g/mol. The summed E-state index contributed by atoms with van der Waals surface area (Å²) in [6, 6.07) is 3.63. The van der Waals surface area contributed by atoms with E-state index in [-0.39, 0.29) is 23.3 Å². The number of carboxylic acid groups (broad SMARTS) is 1. The van der Waals surface area contributed by atoms with Crippen LogP contribution in [0.15, 0.2) is 27.5 Å². The van der Waals surface area contributed by atoms with Gasteiger partial charge in [0.05, 0.1) is 35.5 Å². The van der Waals surface area contributed by atoms with Crippen LogP contribution in [0.3, 0.4) is 0 Å². The Kier molecular flexibility index (Phi) is 8.32. The van der Waals surface area contributed by atoms with Crippen molar-refractivity contribution in [3.63, 3.8) is 0 Å². The molecule has 2 heterocycles. The van der Waals surface area contributed by atoms with Crippen LogP contribution in [0, 0.1) is 11.8 Å². The quantitative estimate of drug-likeness (QED) is 0.410. The van der Waals surface area contributed by atoms with Gasteiger partial charge in [0.1, 0.15) is 5.75 Å². The highest BCUT2D eigenvalue weighted by molar-refractivity contribution is 8.01. The van der Waals surface area contributed by atoms with Crippen LogP contribution in [0.25, 0.3) is 0 Å². The van der Waals surface area contributed by atoms with Gasteiger partial charge in [-0.2, -0.15) is 0 Å². The molecular weight excluding hydrogens is 475 g/mol. The summed E-state index contributed by atoms with van der Waals surface area (Å²) in [6.07, 6.45) is 2.89. The standard InChI is InChI=1S/C19H20Cl2O5S3/c1-25-15-5-12(28-17(15)19(23)24)8-26-7-10-2-3-14(20)13(10)9-27-16-4-11(6-22)18(21)29-16/h3-5,10,13,22H,2,6-9H2,1H3,(H,23,24)/t10-,13-/m1/s1. The molecule has 0 bridgehead atoms. The molecule has 29 heavy (non-hydrogen) atoms. The van der Waals surface area contributed by atoms with E-state index in [9.17, 15) is 15.0 Å². The highest BCUT2D eigenvalue weighted by atomic mass is 35.5. The van der Waals surface area contributed by atoms with E-state index >= 15 is 0 Å². The van der Waals surface area contributed by atoms with Crippen molar-refractivity contribution in [1.29, 1.82) is 0 Å². The topological polar surface area (TPSA) is 76.0 Å². The lowest BCUT2D eigenvalue weighted by Gasteiger charge is -2.20. The summed E-state index contributed by atoms with van der Waals surface area (Å²) in [5.41, 5.74) is 0.749. The Hall–Kier alpha value is -0.740. The number of hydrogen-bond donors (Lipinski definition) is 2. The lowest BCUT2D eigenvalue weighted by atomic mass is 9.98. The van der Waals surface area contributed by atoms with E-state index in [0.717, 1.165) is 31.9 Å². The van der Waals surface area contributed by atoms with Gasteiger partial charge in [0.15, 0.2) is 4.88 Å². The average Bonchev–Trinajstić information content (AvgIpc) is 3.37. The van der Waals surface area contributed by atoms with Crippen LogP contribution in [0.1, 0.15) is 26.5 Å². The molecule has 1 aliphatic rings. The molecule has 0 aromatic carbocycles. The van der Waals surface area contributed by atoms with Crippen molar-refractivity contribution in [1.82, 2.24) is 0 Å². The maximum absolute atomic E-state index is 11.2. The van der Waals surface area contributed by atoms with Gasteiger partial charge < -0.3 is 19.7 Å². The molecule has 0 spiro atoms. The van der Waals surface area contributed by atoms with Gasteiger partial charge in [-0.05, 0) is 24.5 Å². The molecule has 0 radical (unpaired) electrons. The first-order valence-electron chi connectivity index (χ1n) is 8.78. The van der Waals surface area contributed by atoms with Gasteiger partial charge in [-0.1, -0.05) is 29.3 Å². The van der Waals surface area contributed by atoms with Gasteiger partial charge in [-0.25, -0.2) is 4.79 Å². The van der Waals surface area contributed by atoms with Crippen molar-refractivity contribution in [2.75, 3.05) is 19.5 Å². The number of thiophene rings is 2. The van der Waals surface area contributed by atoms with Crippen molar-refractivity contribution in [3.05, 3.63) is 42.9 Å². The number of methoxy groups -OCH3 is 1. The zero-order valence-electron chi connectivity index (χ0n) is 15.5. The second-order valence-corrected chi connectivity index (χ2v) is 11.0. The predicted molar refractivity (Wildman–Crippen MR) is 119 cm³/mol. The molecule has 10 heteroatoms. The average molecular weight is 495 g/mol. The Morgan fingerprint density at radius 1 is 1.34 bits per heavy atom. The highest BCUT2D eigenvalue weighted by Crippen LogP contribution is 2.41. The number of allylic oxidation sites excluding steroid dienone is 2. The summed E-state index contributed by atoms with van der Waals surface area (Å²) in [6.45, 7) is 0.809. The molecule has 158 valence electrons. The Labute approximate surface area is 191 Å². The molecule has 3 rings (SSSR count). The number of carbonyl (C=O) groups is 1. The molecule has 2 aromatic rings. The van der Waals surface area contributed by atoms with E-state index in [4.69, 9.17) is 32.7 Å². The first kappa shape index (κ1) is 22.9. The lowest BCUT2D eigenvalue weighted by molar-refractivity contribution is 0.0699. The number of carboxylic acids is 1. The molecule has 0 amide bonds. The molecule has 2 atom stereocenters. The van der Waals surface area contributed by atoms with Gasteiger partial charge in [0.2, 0.25) is 0 Å². The maximum atomic E-state index is 11.2. The minimum atomic E-state index is -1.00. The minimum Gasteiger partial charge on any atom is -0.495 e. The summed E-state index contributed by atoms with van der Waals surface area (Å²) < 4.78 is 12.7. The van der Waals surface area contributed by atoms with E-state index in [1.165, 1.54) is 29.8 Å². The SMILES string of the molecule is COc1cc(COC[C@H]2CC=C(Cl)[C@@H]2CSc2cc(CO)c(Cl)s2)sc1C(=O)O. The van der Waals surface area contributed by atoms with Gasteiger partial charge in [0, 0.05) is 27.1 Å². The van der Waals surface area contributed by atoms with Crippen LogP contribution in [0.2, 0.25) is 4.34 Å². The van der Waals surface area contributed by atoms with Crippen LogP contribution in [-0.4, -0.2) is 35.7 Å². The number of aliphatic hydroxyl groups excluding tert-OH is 1. The molecule has 0 unspecified atom stereocenters. The minimum absolute atomic E-state index is 0.0620. The molecular formula is C19H20Cl2O5S3. The zero-order chi connectivity index (χ0) is 21.0. The maximum Gasteiger partial charge on any atom is 0.349 e. The Morgan fingerprint density at radius 3 is 2.76 bits per heavy atom. The number of aromatic carboxylic acids is 1. The molecule has 0 aliphatic heterocycles. The smallest absolute Gasteiger partial charge is 0.349 e. The molecule has 1 aliphatic carbocycles. The summed E-state index contributed by atoms with van der Waals surface area (Å²) in [4.78, 5) is 12.2. The first-order chi connectivity index (χ1) is 13.9. The van der Waals surface area contributed by atoms with Crippen molar-refractivity contribution >= 4 is 63.6 Å². The fourth-order valence-electron chi connectivity index (χ4n) is 3.04. The largest absolute Gasteiger partial charge is 0.495 e. The van der Waals surface area contributed by atoms with Crippen LogP contribution in [0.4, 0.5) is 0 Å². The van der Waals surface area contributed by atoms with E-state index in [1.807, 2.05) is 12.1 Å². The third-order valence-corrected chi connectivity index (χ3v) is 8.87. The summed E-state index contributed by atoms with van der Waals surface area (Å²) >= 11 is 16.8. The number of thioether (sulfide) groups is 1. The molecule has 2 N–H and O–H groups in total. The lowest BCUT2D eigenvalue weighted by Crippen LogP contribution is -2.18. The first-order valence-corrected chi connectivity index (χ1v) is 12.2. The van der Waals surface area contributed by atoms with Gasteiger partial charge in [-0.3, -0.25) is 0 Å². The predicted octanol–water partition coefficient (Wildman–Crippen LogP) is 5.73. The zero-order valence-corrected chi connectivity index (χ0v) is 19.5. The van der Waals surface area contributed by atoms with Gasteiger partial charge in [-0.15, -0.1) is 34.4 Å². The molecule has 0 fully saturated rings. The number of hydrogen-bond acceptors (Lipinski definition) is 7. The Balaban J connectivity index is 1.53. The molecule has 0 saturated carbocycles. The van der Waals surface area contributed by atoms with Gasteiger partial charge >= 0.3 is 5.97 Å². The number of rotatable bonds is 10. The van der Waals surface area contributed by atoms with Gasteiger partial charge in [0.25, 0.3) is 0 Å². The van der Waals surface area contributed by atoms with E-state index in [2.05, 4.69) is 0 Å². The Morgan fingerprint density at radius 2 is 2.14 bits per heavy atom. The van der Waals surface area contributed by atoms with Crippen LogP contribution in [0.5, 0.6) is 5.75 Å². The summed E-state index contributed by atoms with van der Waals surface area (Å²) in [5.74, 6) is 0.620.